The van der Waals surface area contributed by atoms with Gasteiger partial charge in [-0.05, 0) is 51.0 Å². The second-order valence-electron chi connectivity index (χ2n) is 12.0. The molecular weight excluding hydrogens is 560 g/mol. The van der Waals surface area contributed by atoms with Crippen LogP contribution in [-0.4, -0.2) is 9.38 Å². The highest BCUT2D eigenvalue weighted by atomic mass is 16.3. The minimum absolute atomic E-state index is 0.912. The van der Waals surface area contributed by atoms with Gasteiger partial charge in [0, 0.05) is 32.7 Å². The first-order valence-corrected chi connectivity index (χ1v) is 15.6. The van der Waals surface area contributed by atoms with Gasteiger partial charge in [-0.1, -0.05) is 133 Å². The van der Waals surface area contributed by atoms with Crippen molar-refractivity contribution in [1.29, 1.82) is 0 Å². The van der Waals surface area contributed by atoms with Gasteiger partial charge >= 0.3 is 0 Å². The van der Waals surface area contributed by atoms with Gasteiger partial charge in [0.25, 0.3) is 0 Å². The molecule has 46 heavy (non-hydrogen) atoms. The maximum Gasteiger partial charge on any atom is 0.145 e. The molecule has 0 fully saturated rings. The van der Waals surface area contributed by atoms with Crippen molar-refractivity contribution >= 4 is 60.0 Å². The third-order valence-corrected chi connectivity index (χ3v) is 9.45. The molecule has 0 N–H and O–H groups in total. The summed E-state index contributed by atoms with van der Waals surface area (Å²) in [5.74, 6) is 0. The van der Waals surface area contributed by atoms with Crippen LogP contribution in [0.3, 0.4) is 0 Å². The Bertz CT molecular complexity index is 2800. The molecule has 3 aromatic heterocycles. The fourth-order valence-corrected chi connectivity index (χ4v) is 7.29. The molecule has 0 bridgehead atoms. The fourth-order valence-electron chi connectivity index (χ4n) is 7.29. The quantitative estimate of drug-likeness (QED) is 0.193. The van der Waals surface area contributed by atoms with E-state index in [-0.39, 0.29) is 0 Å². The van der Waals surface area contributed by atoms with E-state index in [4.69, 9.17) is 9.40 Å². The smallest absolute Gasteiger partial charge is 0.145 e. The van der Waals surface area contributed by atoms with Gasteiger partial charge in [-0.25, -0.2) is 4.98 Å². The molecule has 0 saturated heterocycles. The lowest BCUT2D eigenvalue weighted by Gasteiger charge is -2.14. The van der Waals surface area contributed by atoms with E-state index >= 15 is 0 Å². The van der Waals surface area contributed by atoms with E-state index in [0.717, 1.165) is 60.9 Å². The summed E-state index contributed by atoms with van der Waals surface area (Å²) in [6.45, 7) is 0. The van der Waals surface area contributed by atoms with Crippen LogP contribution in [0.15, 0.2) is 162 Å². The van der Waals surface area contributed by atoms with Crippen molar-refractivity contribution in [2.45, 2.75) is 0 Å². The Morgan fingerprint density at radius 1 is 0.457 bits per heavy atom. The number of furan rings is 1. The Balaban J connectivity index is 1.16. The Hall–Kier alpha value is -6.19. The maximum atomic E-state index is 6.34. The molecule has 0 spiro atoms. The van der Waals surface area contributed by atoms with Gasteiger partial charge in [-0.2, -0.15) is 0 Å². The van der Waals surface area contributed by atoms with E-state index in [1.165, 1.54) is 32.7 Å². The minimum Gasteiger partial charge on any atom is -0.455 e. The number of hydrogen-bond donors (Lipinski definition) is 0. The second-order valence-corrected chi connectivity index (χ2v) is 12.0. The van der Waals surface area contributed by atoms with E-state index in [0.29, 0.717) is 0 Å². The van der Waals surface area contributed by atoms with Gasteiger partial charge < -0.3 is 4.42 Å². The van der Waals surface area contributed by atoms with Crippen LogP contribution in [0.4, 0.5) is 0 Å². The van der Waals surface area contributed by atoms with E-state index in [9.17, 15) is 0 Å². The number of pyridine rings is 1. The third kappa shape index (κ3) is 3.63. The largest absolute Gasteiger partial charge is 0.455 e. The lowest BCUT2D eigenvalue weighted by atomic mass is 9.95. The molecule has 214 valence electrons. The average molecular weight is 587 g/mol. The summed E-state index contributed by atoms with van der Waals surface area (Å²) < 4.78 is 8.66. The standard InChI is InChI=1S/C43H26N2O/c1-2-11-31-27(9-1)10-7-15-32(31)30-23-24-39-38(25-30)34-12-3-4-14-37(34)43-44-26-40(45(39)43)29-21-19-28(20-22-29)33-16-8-17-36-35-13-5-6-18-41(35)46-42(33)36/h1-26H. The van der Waals surface area contributed by atoms with Crippen LogP contribution in [0.2, 0.25) is 0 Å². The first-order valence-electron chi connectivity index (χ1n) is 15.6. The summed E-state index contributed by atoms with van der Waals surface area (Å²) in [4.78, 5) is 4.99. The number of imidazole rings is 1. The van der Waals surface area contributed by atoms with Crippen molar-refractivity contribution in [2.75, 3.05) is 0 Å². The van der Waals surface area contributed by atoms with Gasteiger partial charge in [0.2, 0.25) is 0 Å². The number of nitrogens with zero attached hydrogens (tertiary/aromatic N) is 2. The van der Waals surface area contributed by atoms with Gasteiger partial charge in [-0.3, -0.25) is 4.40 Å². The van der Waals surface area contributed by atoms with Crippen molar-refractivity contribution in [2.24, 2.45) is 0 Å². The molecule has 10 aromatic rings. The molecular formula is C43H26N2O. The lowest BCUT2D eigenvalue weighted by Crippen LogP contribution is -1.94. The number of para-hydroxylation sites is 2. The van der Waals surface area contributed by atoms with Gasteiger partial charge in [0.1, 0.15) is 16.8 Å². The molecule has 7 aromatic carbocycles. The summed E-state index contributed by atoms with van der Waals surface area (Å²) in [5, 5.41) is 8.35. The zero-order chi connectivity index (χ0) is 30.2. The molecule has 0 aliphatic carbocycles. The number of fused-ring (bicyclic) bond motifs is 10. The van der Waals surface area contributed by atoms with Crippen molar-refractivity contribution in [3.63, 3.8) is 0 Å². The monoisotopic (exact) mass is 586 g/mol. The topological polar surface area (TPSA) is 30.4 Å². The van der Waals surface area contributed by atoms with E-state index < -0.39 is 0 Å². The van der Waals surface area contributed by atoms with Crippen LogP contribution in [0, 0.1) is 0 Å². The van der Waals surface area contributed by atoms with Crippen molar-refractivity contribution in [1.82, 2.24) is 9.38 Å². The molecule has 0 amide bonds. The summed E-state index contributed by atoms with van der Waals surface area (Å²) in [7, 11) is 0. The molecule has 0 radical (unpaired) electrons. The molecule has 3 heteroatoms. The van der Waals surface area contributed by atoms with E-state index in [1.807, 2.05) is 18.3 Å². The number of rotatable bonds is 3. The van der Waals surface area contributed by atoms with Crippen molar-refractivity contribution in [3.05, 3.63) is 158 Å². The van der Waals surface area contributed by atoms with Crippen LogP contribution in [0.1, 0.15) is 0 Å². The predicted octanol–water partition coefficient (Wildman–Crippen LogP) is 11.7. The summed E-state index contributed by atoms with van der Waals surface area (Å²) in [6, 6.07) is 54.0. The summed E-state index contributed by atoms with van der Waals surface area (Å²) >= 11 is 0. The normalized spacial score (nSPS) is 11.9. The Labute approximate surface area is 264 Å². The van der Waals surface area contributed by atoms with Gasteiger partial charge in [0.05, 0.1) is 17.4 Å². The minimum atomic E-state index is 0.912. The second kappa shape index (κ2) is 9.65. The average Bonchev–Trinajstić information content (AvgIpc) is 3.74. The van der Waals surface area contributed by atoms with Gasteiger partial charge in [-0.15, -0.1) is 0 Å². The third-order valence-electron chi connectivity index (χ3n) is 9.45. The molecule has 3 nitrogen and oxygen atoms in total. The summed E-state index contributed by atoms with van der Waals surface area (Å²) in [6.07, 6.45) is 2.01. The van der Waals surface area contributed by atoms with Crippen LogP contribution < -0.4 is 0 Å². The Kier molecular flexibility index (Phi) is 5.28. The predicted molar refractivity (Wildman–Crippen MR) is 191 cm³/mol. The molecule has 0 saturated carbocycles. The number of benzene rings is 7. The van der Waals surface area contributed by atoms with Crippen LogP contribution in [-0.2, 0) is 0 Å². The molecule has 3 heterocycles. The van der Waals surface area contributed by atoms with Crippen molar-refractivity contribution < 1.29 is 4.42 Å². The van der Waals surface area contributed by atoms with E-state index in [1.54, 1.807) is 0 Å². The lowest BCUT2D eigenvalue weighted by molar-refractivity contribution is 0.670. The first kappa shape index (κ1) is 25.2. The Morgan fingerprint density at radius 2 is 1.11 bits per heavy atom. The molecule has 0 atom stereocenters. The molecule has 0 aliphatic rings. The zero-order valence-electron chi connectivity index (χ0n) is 24.8. The first-order chi connectivity index (χ1) is 22.8. The highest BCUT2D eigenvalue weighted by Gasteiger charge is 2.17. The SMILES string of the molecule is c1ccc2c(-c3ccc4c(c3)c3ccccc3c3ncc(-c5ccc(-c6cccc7c6oc6ccccc67)cc5)n43)cccc2c1. The highest BCUT2D eigenvalue weighted by Crippen LogP contribution is 2.39. The Morgan fingerprint density at radius 3 is 2.00 bits per heavy atom. The fraction of sp³-hybridized carbons (Fsp3) is 0. The zero-order valence-corrected chi connectivity index (χ0v) is 24.8. The molecule has 0 unspecified atom stereocenters. The van der Waals surface area contributed by atoms with Crippen molar-refractivity contribution in [3.8, 4) is 33.5 Å². The number of aromatic nitrogens is 2. The van der Waals surface area contributed by atoms with Crippen LogP contribution in [0.5, 0.6) is 0 Å². The summed E-state index contributed by atoms with van der Waals surface area (Å²) in [5.41, 5.74) is 10.8. The van der Waals surface area contributed by atoms with Crippen LogP contribution in [0.25, 0.3) is 93.5 Å². The van der Waals surface area contributed by atoms with E-state index in [2.05, 4.69) is 144 Å². The highest BCUT2D eigenvalue weighted by molar-refractivity contribution is 6.14. The van der Waals surface area contributed by atoms with Gasteiger partial charge in [0.15, 0.2) is 0 Å². The van der Waals surface area contributed by atoms with Crippen LogP contribution >= 0.6 is 0 Å². The maximum absolute atomic E-state index is 6.34. The molecule has 10 rings (SSSR count). The molecule has 0 aliphatic heterocycles. The number of hydrogen-bond acceptors (Lipinski definition) is 2.